The predicted molar refractivity (Wildman–Crippen MR) is 87.3 cm³/mol. The Morgan fingerprint density at radius 2 is 1.63 bits per heavy atom. The number of halogens is 6. The smallest absolute Gasteiger partial charge is 0.319 e. The highest BCUT2D eigenvalue weighted by atomic mass is 35.5. The van der Waals surface area contributed by atoms with Gasteiger partial charge in [0.05, 0.1) is 21.3 Å². The Kier molecular flexibility index (Phi) is 5.95. The number of nitrogens with zero attached hydrogens (tertiary/aromatic N) is 1. The second-order valence-electron chi connectivity index (χ2n) is 5.02. The fourth-order valence-electron chi connectivity index (χ4n) is 2.02. The number of carbonyl (C=O) groups is 2. The Morgan fingerprint density at radius 3 is 2.11 bits per heavy atom. The van der Waals surface area contributed by atoms with Crippen molar-refractivity contribution in [1.29, 1.82) is 0 Å². The summed E-state index contributed by atoms with van der Waals surface area (Å²) in [7, 11) is 0. The minimum absolute atomic E-state index is 0.364. The summed E-state index contributed by atoms with van der Waals surface area (Å²) in [6, 6.07) is 4.40. The molecule has 0 aliphatic heterocycles. The molecule has 0 saturated carbocycles. The highest BCUT2D eigenvalue weighted by molar-refractivity contribution is 6.40. The summed E-state index contributed by atoms with van der Waals surface area (Å²) < 4.78 is 51.6. The number of anilines is 2. The molecule has 3 N–H and O–H groups in total. The molecule has 0 unspecified atom stereocenters. The summed E-state index contributed by atoms with van der Waals surface area (Å²) in [4.78, 5) is 23.4. The van der Waals surface area contributed by atoms with Crippen molar-refractivity contribution in [3.8, 4) is 0 Å². The largest absolute Gasteiger partial charge is 0.454 e. The number of hydrogen-bond acceptors (Lipinski definition) is 5. The molecule has 0 saturated heterocycles. The molecule has 0 heterocycles. The van der Waals surface area contributed by atoms with Gasteiger partial charge in [0, 0.05) is 5.56 Å². The third-order valence-corrected chi connectivity index (χ3v) is 3.83. The molecule has 0 bridgehead atoms. The molecular formula is C15H8Cl2F4N2O4. The van der Waals surface area contributed by atoms with E-state index in [-0.39, 0.29) is 5.69 Å². The summed E-state index contributed by atoms with van der Waals surface area (Å²) >= 11 is 11.6. The quantitative estimate of drug-likeness (QED) is 0.374. The monoisotopic (exact) mass is 426 g/mol. The molecule has 0 radical (unpaired) electrons. The van der Waals surface area contributed by atoms with Crippen molar-refractivity contribution in [3.63, 3.8) is 0 Å². The number of rotatable bonds is 4. The third kappa shape index (κ3) is 4.48. The lowest BCUT2D eigenvalue weighted by atomic mass is 10.1. The fourth-order valence-corrected chi connectivity index (χ4v) is 2.60. The van der Waals surface area contributed by atoms with E-state index in [0.29, 0.717) is 12.1 Å². The Bertz CT molecular complexity index is 896. The number of hydrogen-bond donors (Lipinski definition) is 3. The van der Waals surface area contributed by atoms with Crippen LogP contribution in [0.4, 0.5) is 28.9 Å². The van der Waals surface area contributed by atoms with Crippen molar-refractivity contribution in [2.45, 2.75) is 6.18 Å². The maximum atomic E-state index is 14.1. The van der Waals surface area contributed by atoms with Crippen LogP contribution in [0.3, 0.4) is 0 Å². The average Bonchev–Trinajstić information content (AvgIpc) is 2.56. The summed E-state index contributed by atoms with van der Waals surface area (Å²) in [5, 5.41) is 18.3. The van der Waals surface area contributed by atoms with E-state index in [1.807, 2.05) is 0 Å². The molecule has 0 aliphatic carbocycles. The number of amides is 1. The van der Waals surface area contributed by atoms with E-state index < -0.39 is 55.8 Å². The van der Waals surface area contributed by atoms with Gasteiger partial charge in [-0.05, 0) is 24.3 Å². The van der Waals surface area contributed by atoms with Crippen molar-refractivity contribution >= 4 is 46.3 Å². The molecule has 0 fully saturated rings. The second-order valence-corrected chi connectivity index (χ2v) is 5.84. The lowest BCUT2D eigenvalue weighted by Crippen LogP contribution is -2.23. The van der Waals surface area contributed by atoms with Gasteiger partial charge in [-0.1, -0.05) is 29.3 Å². The van der Waals surface area contributed by atoms with Gasteiger partial charge in [-0.3, -0.25) is 20.0 Å². The van der Waals surface area contributed by atoms with Crippen LogP contribution < -0.4 is 10.5 Å². The van der Waals surface area contributed by atoms with Crippen LogP contribution in [0.25, 0.3) is 0 Å². The highest BCUT2D eigenvalue weighted by Gasteiger charge is 2.39. The lowest BCUT2D eigenvalue weighted by molar-refractivity contribution is -0.0885. The van der Waals surface area contributed by atoms with Gasteiger partial charge in [0.25, 0.3) is 11.7 Å². The molecule has 2 aromatic rings. The molecule has 12 heteroatoms. The Hall–Kier alpha value is -2.40. The topological polar surface area (TPSA) is 89.9 Å². The van der Waals surface area contributed by atoms with Crippen LogP contribution in [0.5, 0.6) is 0 Å². The van der Waals surface area contributed by atoms with Crippen LogP contribution in [0, 0.1) is 5.82 Å². The first kappa shape index (κ1) is 20.9. The zero-order valence-corrected chi connectivity index (χ0v) is 14.3. The molecule has 27 heavy (non-hydrogen) atoms. The first-order chi connectivity index (χ1) is 12.4. The average molecular weight is 427 g/mol. The molecule has 0 aliphatic rings. The number of nitrogens with one attached hydrogen (secondary N) is 1. The van der Waals surface area contributed by atoms with Gasteiger partial charge in [0.2, 0.25) is 0 Å². The number of alkyl halides is 3. The molecule has 6 nitrogen and oxygen atoms in total. The minimum atomic E-state index is -5.15. The van der Waals surface area contributed by atoms with Crippen LogP contribution in [0.2, 0.25) is 10.0 Å². The van der Waals surface area contributed by atoms with E-state index in [1.165, 1.54) is 0 Å². The number of carbonyl (C=O) groups excluding carboxylic acids is 2. The maximum absolute atomic E-state index is 14.1. The van der Waals surface area contributed by atoms with Crippen molar-refractivity contribution in [3.05, 3.63) is 57.3 Å². The summed E-state index contributed by atoms with van der Waals surface area (Å²) in [5.41, 5.74) is -2.58. The highest BCUT2D eigenvalue weighted by Crippen LogP contribution is 2.34. The zero-order valence-electron chi connectivity index (χ0n) is 12.8. The van der Waals surface area contributed by atoms with E-state index in [4.69, 9.17) is 33.6 Å². The molecular weight excluding hydrogens is 419 g/mol. The van der Waals surface area contributed by atoms with E-state index in [2.05, 4.69) is 5.32 Å². The lowest BCUT2D eigenvalue weighted by Gasteiger charge is -2.14. The Morgan fingerprint density at radius 1 is 1.07 bits per heavy atom. The zero-order chi connectivity index (χ0) is 20.5. The van der Waals surface area contributed by atoms with Gasteiger partial charge in [-0.25, -0.2) is 4.39 Å². The second kappa shape index (κ2) is 7.69. The molecule has 2 rings (SSSR count). The van der Waals surface area contributed by atoms with Crippen molar-refractivity contribution in [1.82, 2.24) is 0 Å². The van der Waals surface area contributed by atoms with E-state index in [9.17, 15) is 27.2 Å². The molecule has 0 spiro atoms. The summed E-state index contributed by atoms with van der Waals surface area (Å²) in [6.07, 6.45) is -5.15. The molecule has 0 aromatic heterocycles. The molecule has 1 amide bonds. The van der Waals surface area contributed by atoms with E-state index >= 15 is 0 Å². The molecule has 0 atom stereocenters. The summed E-state index contributed by atoms with van der Waals surface area (Å²) in [5.74, 6) is -4.61. The Labute approximate surface area is 158 Å². The van der Waals surface area contributed by atoms with Gasteiger partial charge in [-0.15, -0.1) is 5.23 Å². The van der Waals surface area contributed by atoms with Crippen LogP contribution in [-0.4, -0.2) is 28.3 Å². The van der Waals surface area contributed by atoms with Gasteiger partial charge in [-0.2, -0.15) is 13.2 Å². The fraction of sp³-hybridized carbons (Fsp3) is 0.0667. The van der Waals surface area contributed by atoms with Crippen LogP contribution in [0.1, 0.15) is 20.7 Å². The van der Waals surface area contributed by atoms with Gasteiger partial charge >= 0.3 is 6.18 Å². The Balaban J connectivity index is 2.37. The van der Waals surface area contributed by atoms with Gasteiger partial charge < -0.3 is 5.32 Å². The number of benzene rings is 2. The van der Waals surface area contributed by atoms with Crippen molar-refractivity contribution in [2.75, 3.05) is 10.5 Å². The van der Waals surface area contributed by atoms with Crippen LogP contribution >= 0.6 is 23.2 Å². The van der Waals surface area contributed by atoms with Gasteiger partial charge in [0.1, 0.15) is 5.69 Å². The van der Waals surface area contributed by atoms with E-state index in [1.54, 1.807) is 0 Å². The standard InChI is InChI=1S/C15H8Cl2F4N2O4/c16-8-4-6(13(24)15(19,20)21)5-9(17)12(8)22-14(25)7-2-1-3-10(11(7)18)23(26)27/h1-5,26-27H,(H,22,25). The maximum Gasteiger partial charge on any atom is 0.454 e. The first-order valence-corrected chi connectivity index (χ1v) is 7.57. The normalized spacial score (nSPS) is 11.3. The van der Waals surface area contributed by atoms with Crippen LogP contribution in [0.15, 0.2) is 30.3 Å². The first-order valence-electron chi connectivity index (χ1n) is 6.81. The van der Waals surface area contributed by atoms with Crippen molar-refractivity contribution < 1.29 is 37.6 Å². The summed E-state index contributed by atoms with van der Waals surface area (Å²) in [6.45, 7) is 0. The molecule has 2 aromatic carbocycles. The van der Waals surface area contributed by atoms with Crippen LogP contribution in [-0.2, 0) is 0 Å². The van der Waals surface area contributed by atoms with Crippen molar-refractivity contribution in [2.24, 2.45) is 0 Å². The molecule has 144 valence electrons. The minimum Gasteiger partial charge on any atom is -0.319 e. The third-order valence-electron chi connectivity index (χ3n) is 3.24. The van der Waals surface area contributed by atoms with E-state index in [0.717, 1.165) is 18.2 Å². The number of Topliss-reactive ketones (excluding diaryl/α,β-unsaturated/α-hetero) is 1. The van der Waals surface area contributed by atoms with Gasteiger partial charge in [0.15, 0.2) is 5.82 Å². The predicted octanol–water partition coefficient (Wildman–Crippen LogP) is 4.71. The SMILES string of the molecule is O=C(Nc1c(Cl)cc(C(=O)C(F)(F)F)cc1Cl)c1cccc(N(O)O)c1F. The number of ketones is 1.